The quantitative estimate of drug-likeness (QED) is 0.907. The molecular formula is C15H24N2O2S. The Morgan fingerprint density at radius 2 is 2.25 bits per heavy atom. The molecule has 112 valence electrons. The lowest BCUT2D eigenvalue weighted by molar-refractivity contribution is 0.0142. The van der Waals surface area contributed by atoms with Gasteiger partial charge in [0.1, 0.15) is 11.1 Å². The van der Waals surface area contributed by atoms with E-state index >= 15 is 0 Å². The molecule has 1 aromatic rings. The Labute approximate surface area is 124 Å². The lowest BCUT2D eigenvalue weighted by atomic mass is 10.0. The van der Waals surface area contributed by atoms with Gasteiger partial charge >= 0.3 is 0 Å². The van der Waals surface area contributed by atoms with Gasteiger partial charge in [0.05, 0.1) is 11.3 Å². The number of aliphatic hydroxyl groups is 1. The van der Waals surface area contributed by atoms with Crippen LogP contribution in [0.25, 0.3) is 0 Å². The number of nitrogens with zero attached hydrogens (tertiary/aromatic N) is 2. The molecule has 2 heterocycles. The zero-order valence-corrected chi connectivity index (χ0v) is 13.0. The molecular weight excluding hydrogens is 272 g/mol. The van der Waals surface area contributed by atoms with Gasteiger partial charge in [0.2, 0.25) is 0 Å². The van der Waals surface area contributed by atoms with Crippen LogP contribution in [0, 0.1) is 0 Å². The highest BCUT2D eigenvalue weighted by Gasteiger charge is 2.32. The van der Waals surface area contributed by atoms with E-state index in [1.807, 2.05) is 0 Å². The first-order valence-corrected chi connectivity index (χ1v) is 8.49. The Morgan fingerprint density at radius 1 is 1.45 bits per heavy atom. The molecule has 0 bridgehead atoms. The maximum atomic E-state index is 10.4. The molecule has 1 aliphatic heterocycles. The second-order valence-corrected chi connectivity index (χ2v) is 7.17. The van der Waals surface area contributed by atoms with E-state index in [9.17, 15) is 5.11 Å². The van der Waals surface area contributed by atoms with Crippen molar-refractivity contribution in [2.75, 3.05) is 20.2 Å². The predicted octanol–water partition coefficient (Wildman–Crippen LogP) is 2.73. The summed E-state index contributed by atoms with van der Waals surface area (Å²) < 4.78 is 5.68. The van der Waals surface area contributed by atoms with Crippen molar-refractivity contribution in [3.8, 4) is 0 Å². The van der Waals surface area contributed by atoms with Gasteiger partial charge in [-0.05, 0) is 32.7 Å². The number of ether oxygens (including phenoxy) is 1. The van der Waals surface area contributed by atoms with Crippen LogP contribution in [0.15, 0.2) is 5.38 Å². The Bertz CT molecular complexity index is 437. The second kappa shape index (κ2) is 6.10. The molecule has 3 rings (SSSR count). The van der Waals surface area contributed by atoms with Crippen molar-refractivity contribution in [2.24, 2.45) is 0 Å². The molecule has 20 heavy (non-hydrogen) atoms. The van der Waals surface area contributed by atoms with E-state index in [4.69, 9.17) is 9.72 Å². The molecule has 0 amide bonds. The van der Waals surface area contributed by atoms with Gasteiger partial charge in [-0.25, -0.2) is 4.98 Å². The summed E-state index contributed by atoms with van der Waals surface area (Å²) >= 11 is 1.71. The van der Waals surface area contributed by atoms with Crippen LogP contribution < -0.4 is 0 Å². The molecule has 0 radical (unpaired) electrons. The first kappa shape index (κ1) is 14.4. The van der Waals surface area contributed by atoms with Crippen molar-refractivity contribution in [3.63, 3.8) is 0 Å². The maximum Gasteiger partial charge on any atom is 0.122 e. The summed E-state index contributed by atoms with van der Waals surface area (Å²) in [6, 6.07) is 0. The van der Waals surface area contributed by atoms with Gasteiger partial charge < -0.3 is 9.84 Å². The van der Waals surface area contributed by atoms with Crippen LogP contribution >= 0.6 is 11.3 Å². The summed E-state index contributed by atoms with van der Waals surface area (Å²) in [5, 5.41) is 13.7. The third-order valence-electron chi connectivity index (χ3n) is 4.31. The molecule has 2 aliphatic rings. The minimum atomic E-state index is -0.470. The van der Waals surface area contributed by atoms with Crippen molar-refractivity contribution in [1.29, 1.82) is 0 Å². The van der Waals surface area contributed by atoms with Crippen LogP contribution in [0.2, 0.25) is 0 Å². The maximum absolute atomic E-state index is 10.4. The van der Waals surface area contributed by atoms with E-state index < -0.39 is 5.60 Å². The number of hydrogen-bond donors (Lipinski definition) is 1. The number of thiazole rings is 1. The number of aromatic nitrogens is 1. The molecule has 1 saturated heterocycles. The molecule has 1 atom stereocenters. The number of likely N-dealkylation sites (N-methyl/N-ethyl adjacent to an activating group) is 1. The lowest BCUT2D eigenvalue weighted by Crippen LogP contribution is -2.38. The van der Waals surface area contributed by atoms with Crippen molar-refractivity contribution in [2.45, 2.75) is 56.8 Å². The van der Waals surface area contributed by atoms with Gasteiger partial charge in [-0.15, -0.1) is 11.3 Å². The van der Waals surface area contributed by atoms with Crippen LogP contribution in [-0.4, -0.2) is 40.8 Å². The van der Waals surface area contributed by atoms with Crippen LogP contribution in [0.3, 0.4) is 0 Å². The fraction of sp³-hybridized carbons (Fsp3) is 0.800. The molecule has 4 nitrogen and oxygen atoms in total. The minimum Gasteiger partial charge on any atom is -0.389 e. The summed E-state index contributed by atoms with van der Waals surface area (Å²) in [5.41, 5.74) is 0.631. The normalized spacial score (nSPS) is 25.6. The van der Waals surface area contributed by atoms with Crippen LogP contribution in [0.5, 0.6) is 0 Å². The topological polar surface area (TPSA) is 45.6 Å². The van der Waals surface area contributed by atoms with Gasteiger partial charge in [0, 0.05) is 25.1 Å². The predicted molar refractivity (Wildman–Crippen MR) is 79.8 cm³/mol. The Balaban J connectivity index is 1.54. The fourth-order valence-electron chi connectivity index (χ4n) is 3.34. The van der Waals surface area contributed by atoms with Crippen LogP contribution in [0.4, 0.5) is 0 Å². The first-order valence-electron chi connectivity index (χ1n) is 7.61. The molecule has 0 aromatic carbocycles. The highest BCUT2D eigenvalue weighted by Crippen LogP contribution is 2.32. The lowest BCUT2D eigenvalue weighted by Gasteiger charge is -2.28. The SMILES string of the molecule is CN(Cc1csc(C2CCCO2)n1)CC1(O)CCCC1. The van der Waals surface area contributed by atoms with Crippen molar-refractivity contribution < 1.29 is 9.84 Å². The third kappa shape index (κ3) is 3.39. The van der Waals surface area contributed by atoms with Gasteiger partial charge in [-0.3, -0.25) is 4.90 Å². The van der Waals surface area contributed by atoms with E-state index in [-0.39, 0.29) is 6.10 Å². The Kier molecular flexibility index (Phi) is 4.40. The molecule has 0 spiro atoms. The molecule has 1 N–H and O–H groups in total. The second-order valence-electron chi connectivity index (χ2n) is 6.28. The van der Waals surface area contributed by atoms with Crippen LogP contribution in [-0.2, 0) is 11.3 Å². The summed E-state index contributed by atoms with van der Waals surface area (Å²) in [6.45, 7) is 2.43. The Morgan fingerprint density at radius 3 is 2.95 bits per heavy atom. The zero-order chi connectivity index (χ0) is 14.0. The van der Waals surface area contributed by atoms with Gasteiger partial charge in [-0.1, -0.05) is 12.8 Å². The Hall–Kier alpha value is -0.490. The molecule has 5 heteroatoms. The van der Waals surface area contributed by atoms with E-state index in [2.05, 4.69) is 17.3 Å². The van der Waals surface area contributed by atoms with E-state index in [0.29, 0.717) is 0 Å². The highest BCUT2D eigenvalue weighted by molar-refractivity contribution is 7.09. The third-order valence-corrected chi connectivity index (χ3v) is 5.29. The summed E-state index contributed by atoms with van der Waals surface area (Å²) in [4.78, 5) is 6.89. The van der Waals surface area contributed by atoms with Gasteiger partial charge in [0.15, 0.2) is 0 Å². The average molecular weight is 296 g/mol. The largest absolute Gasteiger partial charge is 0.389 e. The van der Waals surface area contributed by atoms with E-state index in [0.717, 1.165) is 68.9 Å². The van der Waals surface area contributed by atoms with Crippen molar-refractivity contribution in [1.82, 2.24) is 9.88 Å². The molecule has 1 saturated carbocycles. The zero-order valence-electron chi connectivity index (χ0n) is 12.2. The first-order chi connectivity index (χ1) is 9.65. The smallest absolute Gasteiger partial charge is 0.122 e. The summed E-state index contributed by atoms with van der Waals surface area (Å²) in [7, 11) is 2.07. The highest BCUT2D eigenvalue weighted by atomic mass is 32.1. The minimum absolute atomic E-state index is 0.220. The number of rotatable bonds is 5. The molecule has 2 fully saturated rings. The monoisotopic (exact) mass is 296 g/mol. The summed E-state index contributed by atoms with van der Waals surface area (Å²) in [6.07, 6.45) is 6.66. The van der Waals surface area contributed by atoms with Crippen LogP contribution in [0.1, 0.15) is 55.3 Å². The van der Waals surface area contributed by atoms with Crippen molar-refractivity contribution >= 4 is 11.3 Å². The van der Waals surface area contributed by atoms with E-state index in [1.54, 1.807) is 11.3 Å². The average Bonchev–Trinajstić information content (AvgIpc) is 3.08. The fourth-order valence-corrected chi connectivity index (χ4v) is 4.23. The van der Waals surface area contributed by atoms with Gasteiger partial charge in [0.25, 0.3) is 0 Å². The molecule has 1 aliphatic carbocycles. The molecule has 1 unspecified atom stereocenters. The van der Waals surface area contributed by atoms with Gasteiger partial charge in [-0.2, -0.15) is 0 Å². The van der Waals surface area contributed by atoms with E-state index in [1.165, 1.54) is 0 Å². The standard InChI is InChI=1S/C15H24N2O2S/c1-17(11-15(18)6-2-3-7-15)9-12-10-20-14(16-12)13-5-4-8-19-13/h10,13,18H,2-9,11H2,1H3. The van der Waals surface area contributed by atoms with Crippen molar-refractivity contribution in [3.05, 3.63) is 16.1 Å². The summed E-state index contributed by atoms with van der Waals surface area (Å²) in [5.74, 6) is 0. The molecule has 1 aromatic heterocycles. The number of hydrogen-bond acceptors (Lipinski definition) is 5.